The van der Waals surface area contributed by atoms with Crippen LogP contribution in [0.5, 0.6) is 5.75 Å². The van der Waals surface area contributed by atoms with Crippen molar-refractivity contribution in [3.8, 4) is 5.75 Å². The molecule has 0 spiro atoms. The first-order chi connectivity index (χ1) is 17.0. The van der Waals surface area contributed by atoms with E-state index >= 15 is 0 Å². The van der Waals surface area contributed by atoms with Gasteiger partial charge in [-0.25, -0.2) is 0 Å². The van der Waals surface area contributed by atoms with E-state index in [1.54, 1.807) is 24.0 Å². The summed E-state index contributed by atoms with van der Waals surface area (Å²) in [6, 6.07) is 18.6. The maximum Gasteiger partial charge on any atom is 0.258 e. The number of likely N-dealkylation sites (N-methyl/N-ethyl adjacent to an activating group) is 1. The van der Waals surface area contributed by atoms with Crippen molar-refractivity contribution in [2.24, 2.45) is 0 Å². The van der Waals surface area contributed by atoms with Crippen LogP contribution in [0.4, 0.5) is 5.69 Å². The first kappa shape index (κ1) is 24.3. The fourth-order valence-corrected chi connectivity index (χ4v) is 4.79. The maximum absolute atomic E-state index is 13.4. The maximum atomic E-state index is 13.4. The lowest BCUT2D eigenvalue weighted by atomic mass is 10.1. The minimum atomic E-state index is -0.579. The highest BCUT2D eigenvalue weighted by Gasteiger charge is 2.31. The minimum absolute atomic E-state index is 0.0331. The lowest BCUT2D eigenvalue weighted by Crippen LogP contribution is -2.48. The van der Waals surface area contributed by atoms with Crippen molar-refractivity contribution in [3.05, 3.63) is 71.8 Å². The highest BCUT2D eigenvalue weighted by Crippen LogP contribution is 2.37. The Kier molecular flexibility index (Phi) is 7.34. The SMILES string of the molecule is CC[C@@H](C(=O)NC)N(Cc1cccc(OC)c1)C(=O)CCCN1C(=O)c2cccc3cccc1c23. The molecule has 4 rings (SSSR count). The molecule has 0 bridgehead atoms. The first-order valence-electron chi connectivity index (χ1n) is 12.0. The number of hydrogen-bond acceptors (Lipinski definition) is 4. The van der Waals surface area contributed by atoms with E-state index in [0.717, 1.165) is 22.0 Å². The molecule has 1 aliphatic heterocycles. The molecule has 0 unspecified atom stereocenters. The van der Waals surface area contributed by atoms with Crippen LogP contribution < -0.4 is 15.0 Å². The van der Waals surface area contributed by atoms with E-state index < -0.39 is 6.04 Å². The summed E-state index contributed by atoms with van der Waals surface area (Å²) in [7, 11) is 3.18. The molecule has 7 heteroatoms. The normalized spacial score (nSPS) is 13.1. The van der Waals surface area contributed by atoms with Crippen LogP contribution in [0, 0.1) is 0 Å². The van der Waals surface area contributed by atoms with E-state index in [-0.39, 0.29) is 24.1 Å². The van der Waals surface area contributed by atoms with Crippen molar-refractivity contribution < 1.29 is 19.1 Å². The van der Waals surface area contributed by atoms with Crippen molar-refractivity contribution in [3.63, 3.8) is 0 Å². The first-order valence-corrected chi connectivity index (χ1v) is 12.0. The van der Waals surface area contributed by atoms with Gasteiger partial charge in [-0.1, -0.05) is 43.3 Å². The third kappa shape index (κ3) is 4.85. The molecule has 7 nitrogen and oxygen atoms in total. The Bertz CT molecular complexity index is 1250. The van der Waals surface area contributed by atoms with Crippen LogP contribution in [0.2, 0.25) is 0 Å². The van der Waals surface area contributed by atoms with Gasteiger partial charge in [-0.05, 0) is 48.1 Å². The number of methoxy groups -OCH3 is 1. The second-order valence-corrected chi connectivity index (χ2v) is 8.65. The summed E-state index contributed by atoms with van der Waals surface area (Å²) in [5.41, 5.74) is 2.48. The van der Waals surface area contributed by atoms with Crippen LogP contribution in [0.15, 0.2) is 60.7 Å². The number of carbonyl (C=O) groups excluding carboxylic acids is 3. The highest BCUT2D eigenvalue weighted by molar-refractivity contribution is 6.25. The van der Waals surface area contributed by atoms with Crippen LogP contribution >= 0.6 is 0 Å². The largest absolute Gasteiger partial charge is 0.497 e. The van der Waals surface area contributed by atoms with Crippen molar-refractivity contribution in [2.45, 2.75) is 38.8 Å². The van der Waals surface area contributed by atoms with Gasteiger partial charge in [0, 0.05) is 37.5 Å². The zero-order valence-electron chi connectivity index (χ0n) is 20.4. The number of nitrogens with zero attached hydrogens (tertiary/aromatic N) is 2. The zero-order valence-corrected chi connectivity index (χ0v) is 20.4. The third-order valence-electron chi connectivity index (χ3n) is 6.54. The van der Waals surface area contributed by atoms with Gasteiger partial charge >= 0.3 is 0 Å². The number of hydrogen-bond donors (Lipinski definition) is 1. The number of benzene rings is 3. The average Bonchev–Trinajstić information content (AvgIpc) is 3.16. The molecule has 0 saturated heterocycles. The van der Waals surface area contributed by atoms with Crippen molar-refractivity contribution in [1.29, 1.82) is 0 Å². The Balaban J connectivity index is 1.48. The Hall–Kier alpha value is -3.87. The summed E-state index contributed by atoms with van der Waals surface area (Å²) in [6.45, 7) is 2.63. The van der Waals surface area contributed by atoms with Crippen LogP contribution in [0.25, 0.3) is 10.8 Å². The summed E-state index contributed by atoms with van der Waals surface area (Å²) in [5.74, 6) is 0.352. The van der Waals surface area contributed by atoms with E-state index in [0.29, 0.717) is 37.2 Å². The summed E-state index contributed by atoms with van der Waals surface area (Å²) in [5, 5.41) is 4.68. The second kappa shape index (κ2) is 10.6. The van der Waals surface area contributed by atoms with E-state index in [2.05, 4.69) is 5.32 Å². The molecule has 0 fully saturated rings. The van der Waals surface area contributed by atoms with Crippen molar-refractivity contribution >= 4 is 34.2 Å². The van der Waals surface area contributed by atoms with E-state index in [9.17, 15) is 14.4 Å². The van der Waals surface area contributed by atoms with Crippen LogP contribution in [-0.2, 0) is 16.1 Å². The Morgan fingerprint density at radius 1 is 1.09 bits per heavy atom. The molecule has 3 amide bonds. The predicted molar refractivity (Wildman–Crippen MR) is 137 cm³/mol. The molecule has 35 heavy (non-hydrogen) atoms. The lowest BCUT2D eigenvalue weighted by Gasteiger charge is -2.30. The Labute approximate surface area is 205 Å². The molecule has 0 radical (unpaired) electrons. The number of anilines is 1. The number of nitrogens with one attached hydrogen (secondary N) is 1. The van der Waals surface area contributed by atoms with Crippen molar-refractivity contribution in [2.75, 3.05) is 25.6 Å². The van der Waals surface area contributed by atoms with Gasteiger partial charge in [0.2, 0.25) is 11.8 Å². The molecule has 0 aromatic heterocycles. The van der Waals surface area contributed by atoms with Gasteiger partial charge in [0.1, 0.15) is 11.8 Å². The monoisotopic (exact) mass is 473 g/mol. The number of ether oxygens (including phenoxy) is 1. The van der Waals surface area contributed by atoms with Gasteiger partial charge < -0.3 is 19.9 Å². The number of amides is 3. The van der Waals surface area contributed by atoms with Crippen LogP contribution in [0.3, 0.4) is 0 Å². The average molecular weight is 474 g/mol. The molecule has 0 saturated carbocycles. The predicted octanol–water partition coefficient (Wildman–Crippen LogP) is 4.14. The summed E-state index contributed by atoms with van der Waals surface area (Å²) < 4.78 is 5.31. The summed E-state index contributed by atoms with van der Waals surface area (Å²) in [4.78, 5) is 42.4. The molecular formula is C28H31N3O4. The van der Waals surface area contributed by atoms with Crippen molar-refractivity contribution in [1.82, 2.24) is 10.2 Å². The minimum Gasteiger partial charge on any atom is -0.497 e. The van der Waals surface area contributed by atoms with Gasteiger partial charge in [-0.2, -0.15) is 0 Å². The Morgan fingerprint density at radius 3 is 2.54 bits per heavy atom. The molecular weight excluding hydrogens is 442 g/mol. The highest BCUT2D eigenvalue weighted by atomic mass is 16.5. The molecule has 3 aromatic rings. The smallest absolute Gasteiger partial charge is 0.258 e. The van der Waals surface area contributed by atoms with Gasteiger partial charge in [0.25, 0.3) is 5.91 Å². The molecule has 1 N–H and O–H groups in total. The van der Waals surface area contributed by atoms with Gasteiger partial charge in [0.15, 0.2) is 0 Å². The Morgan fingerprint density at radius 2 is 1.83 bits per heavy atom. The number of rotatable bonds is 10. The van der Waals surface area contributed by atoms with Crippen LogP contribution in [0.1, 0.15) is 42.1 Å². The molecule has 1 atom stereocenters. The van der Waals surface area contributed by atoms with Crippen LogP contribution in [-0.4, -0.2) is 49.4 Å². The summed E-state index contributed by atoms with van der Waals surface area (Å²) >= 11 is 0. The molecule has 1 aliphatic rings. The van der Waals surface area contributed by atoms with Gasteiger partial charge in [-0.15, -0.1) is 0 Å². The quantitative estimate of drug-likeness (QED) is 0.480. The molecule has 0 aliphatic carbocycles. The van der Waals surface area contributed by atoms with Gasteiger partial charge in [0.05, 0.1) is 12.8 Å². The molecule has 3 aromatic carbocycles. The lowest BCUT2D eigenvalue weighted by molar-refractivity contribution is -0.141. The van der Waals surface area contributed by atoms with E-state index in [1.807, 2.05) is 67.6 Å². The zero-order chi connectivity index (χ0) is 24.9. The third-order valence-corrected chi connectivity index (χ3v) is 6.54. The fourth-order valence-electron chi connectivity index (χ4n) is 4.79. The van der Waals surface area contributed by atoms with E-state index in [1.165, 1.54) is 0 Å². The standard InChI is InChI=1S/C28H31N3O4/c1-4-23(27(33)29-2)31(18-19-9-5-12-21(17-19)35-3)25(32)15-8-16-30-24-14-7-11-20-10-6-13-22(26(20)24)28(30)34/h5-7,9-14,17,23H,4,8,15-16,18H2,1-3H3,(H,29,33)/t23-/m0/s1. The molecule has 182 valence electrons. The second-order valence-electron chi connectivity index (χ2n) is 8.65. The van der Waals surface area contributed by atoms with Gasteiger partial charge in [-0.3, -0.25) is 14.4 Å². The molecule has 1 heterocycles. The topological polar surface area (TPSA) is 79.0 Å². The summed E-state index contributed by atoms with van der Waals surface area (Å²) in [6.07, 6.45) is 1.22. The fraction of sp³-hybridized carbons (Fsp3) is 0.321. The van der Waals surface area contributed by atoms with E-state index in [4.69, 9.17) is 4.74 Å². The number of carbonyl (C=O) groups is 3.